The number of hydrogen-bond acceptors (Lipinski definition) is 2. The molecule has 0 saturated heterocycles. The summed E-state index contributed by atoms with van der Waals surface area (Å²) in [6.45, 7) is 3.24. The average molecular weight is 281 g/mol. The van der Waals surface area contributed by atoms with Crippen LogP contribution in [0.3, 0.4) is 0 Å². The van der Waals surface area contributed by atoms with Gasteiger partial charge in [-0.15, -0.1) is 0 Å². The zero-order valence-electron chi connectivity index (χ0n) is 11.7. The van der Waals surface area contributed by atoms with Crippen molar-refractivity contribution in [1.29, 1.82) is 0 Å². The normalized spacial score (nSPS) is 12.7. The van der Waals surface area contributed by atoms with E-state index in [1.165, 1.54) is 21.9 Å². The van der Waals surface area contributed by atoms with Gasteiger partial charge in [0.2, 0.25) is 0 Å². The minimum absolute atomic E-state index is 0.297. The molecule has 102 valence electrons. The standard InChI is InChI=1S/C18H19NS/c1-2-10-19-18(17-9-11-20-13-17)16-8-7-14-5-3-4-6-15(14)12-16/h3-9,11-13,18-19H,2,10H2,1H3. The van der Waals surface area contributed by atoms with Crippen LogP contribution >= 0.6 is 11.3 Å². The van der Waals surface area contributed by atoms with Crippen molar-refractivity contribution in [2.45, 2.75) is 19.4 Å². The Morgan fingerprint density at radius 3 is 2.60 bits per heavy atom. The lowest BCUT2D eigenvalue weighted by Gasteiger charge is -2.18. The van der Waals surface area contributed by atoms with Gasteiger partial charge < -0.3 is 5.32 Å². The monoisotopic (exact) mass is 281 g/mol. The van der Waals surface area contributed by atoms with Crippen molar-refractivity contribution in [2.24, 2.45) is 0 Å². The molecule has 0 fully saturated rings. The molecule has 20 heavy (non-hydrogen) atoms. The smallest absolute Gasteiger partial charge is 0.0585 e. The Bertz CT molecular complexity index is 673. The van der Waals surface area contributed by atoms with Gasteiger partial charge in [0.25, 0.3) is 0 Å². The van der Waals surface area contributed by atoms with Gasteiger partial charge in [0.1, 0.15) is 0 Å². The Hall–Kier alpha value is -1.64. The van der Waals surface area contributed by atoms with Gasteiger partial charge in [-0.2, -0.15) is 11.3 Å². The first-order valence-electron chi connectivity index (χ1n) is 7.12. The molecule has 1 heterocycles. The molecular weight excluding hydrogens is 262 g/mol. The molecule has 0 bridgehead atoms. The molecule has 2 aromatic carbocycles. The Labute approximate surface area is 124 Å². The van der Waals surface area contributed by atoms with Crippen molar-refractivity contribution in [3.05, 3.63) is 70.4 Å². The Kier molecular flexibility index (Phi) is 4.14. The van der Waals surface area contributed by atoms with E-state index < -0.39 is 0 Å². The predicted molar refractivity (Wildman–Crippen MR) is 88.4 cm³/mol. The predicted octanol–water partition coefficient (Wildman–Crippen LogP) is 4.99. The number of benzene rings is 2. The summed E-state index contributed by atoms with van der Waals surface area (Å²) < 4.78 is 0. The fraction of sp³-hybridized carbons (Fsp3) is 0.222. The molecule has 0 aliphatic heterocycles. The highest BCUT2D eigenvalue weighted by molar-refractivity contribution is 7.08. The van der Waals surface area contributed by atoms with E-state index >= 15 is 0 Å². The maximum Gasteiger partial charge on any atom is 0.0585 e. The van der Waals surface area contributed by atoms with E-state index in [9.17, 15) is 0 Å². The van der Waals surface area contributed by atoms with Crippen molar-refractivity contribution < 1.29 is 0 Å². The van der Waals surface area contributed by atoms with Gasteiger partial charge in [-0.25, -0.2) is 0 Å². The van der Waals surface area contributed by atoms with Crippen molar-refractivity contribution in [3.8, 4) is 0 Å². The molecule has 1 nitrogen and oxygen atoms in total. The molecule has 0 spiro atoms. The highest BCUT2D eigenvalue weighted by Gasteiger charge is 2.13. The van der Waals surface area contributed by atoms with Crippen LogP contribution in [0.4, 0.5) is 0 Å². The zero-order valence-corrected chi connectivity index (χ0v) is 12.5. The molecule has 0 radical (unpaired) electrons. The summed E-state index contributed by atoms with van der Waals surface area (Å²) >= 11 is 1.76. The summed E-state index contributed by atoms with van der Waals surface area (Å²) in [5.74, 6) is 0. The molecule has 3 rings (SSSR count). The number of nitrogens with one attached hydrogen (secondary N) is 1. The van der Waals surface area contributed by atoms with Crippen LogP contribution in [-0.2, 0) is 0 Å². The van der Waals surface area contributed by atoms with Crippen molar-refractivity contribution >= 4 is 22.1 Å². The summed E-state index contributed by atoms with van der Waals surface area (Å²) in [6.07, 6.45) is 1.15. The fourth-order valence-electron chi connectivity index (χ4n) is 2.54. The van der Waals surface area contributed by atoms with Crippen molar-refractivity contribution in [3.63, 3.8) is 0 Å². The SMILES string of the molecule is CCCNC(c1ccsc1)c1ccc2ccccc2c1. The van der Waals surface area contributed by atoms with E-state index in [2.05, 4.69) is 71.5 Å². The van der Waals surface area contributed by atoms with Gasteiger partial charge in [0.05, 0.1) is 6.04 Å². The van der Waals surface area contributed by atoms with Crippen LogP contribution in [0.5, 0.6) is 0 Å². The van der Waals surface area contributed by atoms with E-state index in [1.807, 2.05) is 0 Å². The van der Waals surface area contributed by atoms with E-state index in [4.69, 9.17) is 0 Å². The maximum atomic E-state index is 3.66. The van der Waals surface area contributed by atoms with Crippen LogP contribution in [0, 0.1) is 0 Å². The van der Waals surface area contributed by atoms with Crippen molar-refractivity contribution in [1.82, 2.24) is 5.32 Å². The summed E-state index contributed by atoms with van der Waals surface area (Å²) in [5.41, 5.74) is 2.70. The number of hydrogen-bond donors (Lipinski definition) is 1. The first-order valence-corrected chi connectivity index (χ1v) is 8.07. The molecule has 0 aliphatic carbocycles. The third kappa shape index (κ3) is 2.77. The maximum absolute atomic E-state index is 3.66. The minimum Gasteiger partial charge on any atom is -0.306 e. The van der Waals surface area contributed by atoms with Crippen LogP contribution in [0.1, 0.15) is 30.5 Å². The van der Waals surface area contributed by atoms with Gasteiger partial charge in [-0.05, 0) is 57.8 Å². The molecular formula is C18H19NS. The van der Waals surface area contributed by atoms with E-state index in [0.29, 0.717) is 6.04 Å². The van der Waals surface area contributed by atoms with E-state index in [0.717, 1.165) is 13.0 Å². The molecule has 1 aromatic heterocycles. The van der Waals surface area contributed by atoms with Crippen LogP contribution in [0.25, 0.3) is 10.8 Å². The number of rotatable bonds is 5. The molecule has 1 atom stereocenters. The molecule has 0 aliphatic rings. The molecule has 3 aromatic rings. The van der Waals surface area contributed by atoms with Gasteiger partial charge in [-0.3, -0.25) is 0 Å². The summed E-state index contributed by atoms with van der Waals surface area (Å²) in [4.78, 5) is 0. The minimum atomic E-state index is 0.297. The second-order valence-corrected chi connectivity index (χ2v) is 5.83. The molecule has 2 heteroatoms. The number of thiophene rings is 1. The molecule has 1 unspecified atom stereocenters. The number of fused-ring (bicyclic) bond motifs is 1. The van der Waals surface area contributed by atoms with Gasteiger partial charge in [-0.1, -0.05) is 43.3 Å². The Balaban J connectivity index is 1.99. The largest absolute Gasteiger partial charge is 0.306 e. The summed E-state index contributed by atoms with van der Waals surface area (Å²) in [5, 5.41) is 10.7. The lowest BCUT2D eigenvalue weighted by atomic mass is 9.98. The Morgan fingerprint density at radius 2 is 1.85 bits per heavy atom. The lowest BCUT2D eigenvalue weighted by molar-refractivity contribution is 0.600. The van der Waals surface area contributed by atoms with Gasteiger partial charge >= 0.3 is 0 Å². The zero-order chi connectivity index (χ0) is 13.8. The quantitative estimate of drug-likeness (QED) is 0.694. The summed E-state index contributed by atoms with van der Waals surface area (Å²) in [7, 11) is 0. The van der Waals surface area contributed by atoms with Crippen LogP contribution in [0.2, 0.25) is 0 Å². The van der Waals surface area contributed by atoms with Crippen LogP contribution < -0.4 is 5.32 Å². The third-order valence-corrected chi connectivity index (χ3v) is 4.28. The molecule has 0 saturated carbocycles. The topological polar surface area (TPSA) is 12.0 Å². The fourth-order valence-corrected chi connectivity index (χ4v) is 3.23. The second kappa shape index (κ2) is 6.21. The highest BCUT2D eigenvalue weighted by atomic mass is 32.1. The first-order chi connectivity index (χ1) is 9.88. The molecule has 0 amide bonds. The first kappa shape index (κ1) is 13.3. The average Bonchev–Trinajstić information content (AvgIpc) is 3.02. The van der Waals surface area contributed by atoms with Crippen LogP contribution in [-0.4, -0.2) is 6.54 Å². The highest BCUT2D eigenvalue weighted by Crippen LogP contribution is 2.27. The van der Waals surface area contributed by atoms with Crippen LogP contribution in [0.15, 0.2) is 59.3 Å². The molecule has 1 N–H and O–H groups in total. The van der Waals surface area contributed by atoms with Crippen molar-refractivity contribution in [2.75, 3.05) is 6.54 Å². The third-order valence-electron chi connectivity index (χ3n) is 3.58. The van der Waals surface area contributed by atoms with E-state index in [-0.39, 0.29) is 0 Å². The lowest BCUT2D eigenvalue weighted by Crippen LogP contribution is -2.22. The van der Waals surface area contributed by atoms with Gasteiger partial charge in [0, 0.05) is 0 Å². The second-order valence-electron chi connectivity index (χ2n) is 5.05. The Morgan fingerprint density at radius 1 is 1.00 bits per heavy atom. The van der Waals surface area contributed by atoms with E-state index in [1.54, 1.807) is 11.3 Å². The van der Waals surface area contributed by atoms with Gasteiger partial charge in [0.15, 0.2) is 0 Å². The summed E-state index contributed by atoms with van der Waals surface area (Å²) in [6, 6.07) is 17.8.